The van der Waals surface area contributed by atoms with Crippen LogP contribution in [0.1, 0.15) is 18.4 Å². The molecule has 6 nitrogen and oxygen atoms in total. The van der Waals surface area contributed by atoms with Gasteiger partial charge in [-0.15, -0.1) is 0 Å². The molecule has 1 amide bonds. The van der Waals surface area contributed by atoms with E-state index < -0.39 is 0 Å². The van der Waals surface area contributed by atoms with Gasteiger partial charge in [-0.25, -0.2) is 10.4 Å². The molecule has 27 heavy (non-hydrogen) atoms. The lowest BCUT2D eigenvalue weighted by atomic mass is 10.0. The van der Waals surface area contributed by atoms with Crippen LogP contribution >= 0.6 is 0 Å². The highest BCUT2D eigenvalue weighted by Crippen LogP contribution is 2.26. The average molecular weight is 355 g/mol. The van der Waals surface area contributed by atoms with Crippen LogP contribution in [-0.4, -0.2) is 26.2 Å². The zero-order valence-corrected chi connectivity index (χ0v) is 14.5. The van der Waals surface area contributed by atoms with E-state index in [1.807, 2.05) is 16.8 Å². The molecule has 1 aliphatic heterocycles. The molecule has 0 saturated heterocycles. The van der Waals surface area contributed by atoms with Crippen LogP contribution in [0.4, 0.5) is 0 Å². The van der Waals surface area contributed by atoms with Gasteiger partial charge < -0.3 is 9.55 Å². The predicted octanol–water partition coefficient (Wildman–Crippen LogP) is 3.63. The van der Waals surface area contributed by atoms with Crippen molar-refractivity contribution in [1.29, 1.82) is 0 Å². The highest BCUT2D eigenvalue weighted by Gasteiger charge is 2.14. The van der Waals surface area contributed by atoms with Gasteiger partial charge in [0.05, 0.1) is 12.0 Å². The quantitative estimate of drug-likeness (QED) is 0.589. The molecule has 4 aromatic rings. The fourth-order valence-electron chi connectivity index (χ4n) is 3.38. The van der Waals surface area contributed by atoms with Crippen LogP contribution in [0.2, 0.25) is 0 Å². The minimum atomic E-state index is -0.0251. The molecular formula is C21H17N5O. The van der Waals surface area contributed by atoms with Crippen LogP contribution in [0.15, 0.2) is 72.4 Å². The van der Waals surface area contributed by atoms with Crippen molar-refractivity contribution in [2.45, 2.75) is 12.8 Å². The van der Waals surface area contributed by atoms with Crippen LogP contribution in [0.3, 0.4) is 0 Å². The number of carbonyl (C=O) groups is 1. The molecular weight excluding hydrogens is 338 g/mol. The smallest absolute Gasteiger partial charge is 0.240 e. The average Bonchev–Trinajstić information content (AvgIpc) is 3.38. The Hall–Kier alpha value is -3.67. The summed E-state index contributed by atoms with van der Waals surface area (Å²) in [6.45, 7) is 0. The normalized spacial score (nSPS) is 14.2. The topological polar surface area (TPSA) is 75.1 Å². The molecule has 0 atom stereocenters. The second kappa shape index (κ2) is 6.25. The lowest BCUT2D eigenvalue weighted by Gasteiger charge is -2.11. The molecule has 132 valence electrons. The number of nitrogens with one attached hydrogen (secondary N) is 2. The number of nitrogens with zero attached hydrogens (tertiary/aromatic N) is 3. The first kappa shape index (κ1) is 15.6. The van der Waals surface area contributed by atoms with Crippen LogP contribution in [0, 0.1) is 0 Å². The van der Waals surface area contributed by atoms with Gasteiger partial charge in [0.1, 0.15) is 0 Å². The molecule has 0 bridgehead atoms. The standard InChI is InChI=1S/C21H17N5O/c27-21-8-7-19(24-25-21)15-3-6-18-16(11-15)12-20(23-18)14-1-4-17(5-2-14)26-10-9-22-13-26/h1-6,9-13,23H,7-8H2,(H,25,27). The van der Waals surface area contributed by atoms with Crippen molar-refractivity contribution < 1.29 is 4.79 Å². The lowest BCUT2D eigenvalue weighted by Crippen LogP contribution is -2.25. The number of hydrogen-bond donors (Lipinski definition) is 2. The van der Waals surface area contributed by atoms with Crippen molar-refractivity contribution in [3.05, 3.63) is 72.8 Å². The molecule has 0 aliphatic carbocycles. The zero-order valence-electron chi connectivity index (χ0n) is 14.5. The van der Waals surface area contributed by atoms with Gasteiger partial charge in [-0.1, -0.05) is 18.2 Å². The third-order valence-corrected chi connectivity index (χ3v) is 4.84. The number of H-pyrrole nitrogens is 1. The second-order valence-electron chi connectivity index (χ2n) is 6.60. The van der Waals surface area contributed by atoms with Gasteiger partial charge in [0, 0.05) is 47.5 Å². The number of hydrogen-bond acceptors (Lipinski definition) is 3. The number of benzene rings is 2. The van der Waals surface area contributed by atoms with Crippen molar-refractivity contribution in [2.24, 2.45) is 5.10 Å². The van der Waals surface area contributed by atoms with Crippen molar-refractivity contribution in [1.82, 2.24) is 20.0 Å². The van der Waals surface area contributed by atoms with E-state index in [0.29, 0.717) is 12.8 Å². The summed E-state index contributed by atoms with van der Waals surface area (Å²) < 4.78 is 1.98. The van der Waals surface area contributed by atoms with Gasteiger partial charge >= 0.3 is 0 Å². The van der Waals surface area contributed by atoms with E-state index in [0.717, 1.165) is 39.1 Å². The Balaban J connectivity index is 1.47. The Kier molecular flexibility index (Phi) is 3.60. The summed E-state index contributed by atoms with van der Waals surface area (Å²) in [5.74, 6) is -0.0251. The van der Waals surface area contributed by atoms with Gasteiger partial charge in [0.15, 0.2) is 0 Å². The summed E-state index contributed by atoms with van der Waals surface area (Å²) in [6, 6.07) is 16.7. The van der Waals surface area contributed by atoms with Crippen molar-refractivity contribution in [3.8, 4) is 16.9 Å². The molecule has 6 heteroatoms. The van der Waals surface area contributed by atoms with E-state index in [1.54, 1.807) is 12.5 Å². The maximum Gasteiger partial charge on any atom is 0.240 e. The maximum atomic E-state index is 11.3. The van der Waals surface area contributed by atoms with E-state index in [2.05, 4.69) is 63.0 Å². The van der Waals surface area contributed by atoms with E-state index in [-0.39, 0.29) is 5.91 Å². The van der Waals surface area contributed by atoms with Crippen molar-refractivity contribution >= 4 is 22.5 Å². The van der Waals surface area contributed by atoms with E-state index in [4.69, 9.17) is 0 Å². The molecule has 2 aromatic heterocycles. The van der Waals surface area contributed by atoms with Gasteiger partial charge in [0.2, 0.25) is 5.91 Å². The Morgan fingerprint density at radius 2 is 1.81 bits per heavy atom. The summed E-state index contributed by atoms with van der Waals surface area (Å²) in [5.41, 5.74) is 8.87. The zero-order chi connectivity index (χ0) is 18.2. The summed E-state index contributed by atoms with van der Waals surface area (Å²) in [5, 5.41) is 5.31. The van der Waals surface area contributed by atoms with Gasteiger partial charge in [0.25, 0.3) is 0 Å². The molecule has 0 spiro atoms. The van der Waals surface area contributed by atoms with Gasteiger partial charge in [-0.2, -0.15) is 5.10 Å². The molecule has 0 saturated carbocycles. The molecule has 0 unspecified atom stereocenters. The van der Waals surface area contributed by atoms with Crippen molar-refractivity contribution in [3.63, 3.8) is 0 Å². The minimum Gasteiger partial charge on any atom is -0.355 e. The molecule has 2 aromatic carbocycles. The third kappa shape index (κ3) is 2.91. The molecule has 3 heterocycles. The summed E-state index contributed by atoms with van der Waals surface area (Å²) in [4.78, 5) is 18.8. The van der Waals surface area contributed by atoms with Gasteiger partial charge in [-0.05, 0) is 41.5 Å². The first-order valence-corrected chi connectivity index (χ1v) is 8.83. The van der Waals surface area contributed by atoms with Crippen LogP contribution in [-0.2, 0) is 4.79 Å². The van der Waals surface area contributed by atoms with E-state index in [1.165, 1.54) is 0 Å². The fourth-order valence-corrected chi connectivity index (χ4v) is 3.38. The Bertz CT molecular complexity index is 1150. The Labute approximate surface area is 155 Å². The third-order valence-electron chi connectivity index (χ3n) is 4.84. The summed E-state index contributed by atoms with van der Waals surface area (Å²) >= 11 is 0. The highest BCUT2D eigenvalue weighted by molar-refractivity contribution is 6.06. The van der Waals surface area contributed by atoms with E-state index in [9.17, 15) is 4.79 Å². The number of rotatable bonds is 3. The number of aromatic amines is 1. The highest BCUT2D eigenvalue weighted by atomic mass is 16.2. The number of fused-ring (bicyclic) bond motifs is 1. The first-order valence-electron chi connectivity index (χ1n) is 8.83. The maximum absolute atomic E-state index is 11.3. The Morgan fingerprint density at radius 3 is 2.56 bits per heavy atom. The number of carbonyl (C=O) groups excluding carboxylic acids is 1. The first-order chi connectivity index (χ1) is 13.3. The lowest BCUT2D eigenvalue weighted by molar-refractivity contribution is -0.121. The van der Waals surface area contributed by atoms with Crippen LogP contribution in [0.5, 0.6) is 0 Å². The second-order valence-corrected chi connectivity index (χ2v) is 6.60. The summed E-state index contributed by atoms with van der Waals surface area (Å²) in [7, 11) is 0. The van der Waals surface area contributed by atoms with Gasteiger partial charge in [-0.3, -0.25) is 4.79 Å². The molecule has 0 fully saturated rings. The fraction of sp³-hybridized carbons (Fsp3) is 0.0952. The van der Waals surface area contributed by atoms with E-state index >= 15 is 0 Å². The number of imidazole rings is 1. The predicted molar refractivity (Wildman–Crippen MR) is 105 cm³/mol. The molecule has 1 aliphatic rings. The summed E-state index contributed by atoms with van der Waals surface area (Å²) in [6.07, 6.45) is 6.64. The van der Waals surface area contributed by atoms with Crippen LogP contribution in [0.25, 0.3) is 27.8 Å². The Morgan fingerprint density at radius 1 is 0.963 bits per heavy atom. The largest absolute Gasteiger partial charge is 0.355 e. The number of amides is 1. The molecule has 2 N–H and O–H groups in total. The number of aromatic nitrogens is 3. The molecule has 5 rings (SSSR count). The SMILES string of the molecule is O=C1CCC(c2ccc3[nH]c(-c4ccc(-n5ccnc5)cc4)cc3c2)=NN1. The monoisotopic (exact) mass is 355 g/mol. The van der Waals surface area contributed by atoms with Crippen molar-refractivity contribution in [2.75, 3.05) is 0 Å². The minimum absolute atomic E-state index is 0.0251. The number of hydrazone groups is 1. The van der Waals surface area contributed by atoms with Crippen LogP contribution < -0.4 is 5.43 Å². The molecule has 0 radical (unpaired) electrons.